The number of fused-ring (bicyclic) bond motifs is 13. The summed E-state index contributed by atoms with van der Waals surface area (Å²) in [5.41, 5.74) is 11.9. The van der Waals surface area contributed by atoms with Crippen molar-refractivity contribution in [1.29, 1.82) is 0 Å². The average Bonchev–Trinajstić information content (AvgIpc) is 3.65. The van der Waals surface area contributed by atoms with Gasteiger partial charge >= 0.3 is 0 Å². The number of benzene rings is 7. The predicted molar refractivity (Wildman–Crippen MR) is 213 cm³/mol. The molecule has 2 nitrogen and oxygen atoms in total. The van der Waals surface area contributed by atoms with Crippen molar-refractivity contribution in [3.63, 3.8) is 0 Å². The van der Waals surface area contributed by atoms with Gasteiger partial charge in [-0.2, -0.15) is 0 Å². The van der Waals surface area contributed by atoms with Gasteiger partial charge in [-0.1, -0.05) is 129 Å². The highest BCUT2D eigenvalue weighted by atomic mass is 32.1. The molecule has 0 radical (unpaired) electrons. The Morgan fingerprint density at radius 2 is 1.24 bits per heavy atom. The molecule has 10 aromatic rings. The minimum Gasteiger partial charge on any atom is -0.254 e. The lowest BCUT2D eigenvalue weighted by Crippen LogP contribution is -2.14. The van der Waals surface area contributed by atoms with Crippen LogP contribution in [0.15, 0.2) is 146 Å². The number of nitrogens with zero attached hydrogens (tertiary/aromatic N) is 2. The summed E-state index contributed by atoms with van der Waals surface area (Å²) in [5, 5.41) is 9.87. The van der Waals surface area contributed by atoms with E-state index in [1.165, 1.54) is 75.1 Å². The van der Waals surface area contributed by atoms with Crippen LogP contribution in [0.3, 0.4) is 0 Å². The Hall–Kier alpha value is -5.90. The first-order valence-corrected chi connectivity index (χ1v) is 18.1. The van der Waals surface area contributed by atoms with E-state index in [9.17, 15) is 0 Å². The molecule has 0 atom stereocenters. The third-order valence-electron chi connectivity index (χ3n) is 11.1. The standard InChI is InChI=1S/C47H30N2S/c1-47(2)38-23-22-36-34-11-5-6-12-41(34)50-46(36)43(38)37-19-16-30(26-39(37)47)32-20-21-33(35-18-15-27-8-3-4-10-31(27)42(32)35)40-24-17-29-14-13-28-9-7-25-48-44(28)45(29)49-40/h3-26H,1-2H3. The largest absolute Gasteiger partial charge is 0.254 e. The van der Waals surface area contributed by atoms with Crippen molar-refractivity contribution in [2.24, 2.45) is 0 Å². The first kappa shape index (κ1) is 28.0. The van der Waals surface area contributed by atoms with Gasteiger partial charge in [-0.3, -0.25) is 4.98 Å². The molecule has 0 spiro atoms. The second-order valence-electron chi connectivity index (χ2n) is 14.1. The Bertz CT molecular complexity index is 3080. The highest BCUT2D eigenvalue weighted by Crippen LogP contribution is 2.55. The Labute approximate surface area is 293 Å². The molecule has 1 aliphatic rings. The van der Waals surface area contributed by atoms with Crippen LogP contribution < -0.4 is 0 Å². The van der Waals surface area contributed by atoms with Crippen molar-refractivity contribution in [1.82, 2.24) is 9.97 Å². The summed E-state index contributed by atoms with van der Waals surface area (Å²) in [5.74, 6) is 0. The Balaban J connectivity index is 1.15. The molecule has 0 saturated carbocycles. The molecular weight excluding hydrogens is 625 g/mol. The van der Waals surface area contributed by atoms with Crippen LogP contribution in [0.1, 0.15) is 25.0 Å². The molecule has 0 N–H and O–H groups in total. The summed E-state index contributed by atoms with van der Waals surface area (Å²) >= 11 is 1.93. The van der Waals surface area contributed by atoms with Gasteiger partial charge in [0, 0.05) is 53.7 Å². The zero-order chi connectivity index (χ0) is 33.1. The molecule has 0 saturated heterocycles. The summed E-state index contributed by atoms with van der Waals surface area (Å²) in [7, 11) is 0. The van der Waals surface area contributed by atoms with Crippen molar-refractivity contribution < 1.29 is 0 Å². The maximum atomic E-state index is 5.27. The molecule has 0 unspecified atom stereocenters. The Morgan fingerprint density at radius 3 is 2.16 bits per heavy atom. The van der Waals surface area contributed by atoms with Crippen LogP contribution in [0.2, 0.25) is 0 Å². The Morgan fingerprint density at radius 1 is 0.520 bits per heavy atom. The highest BCUT2D eigenvalue weighted by Gasteiger charge is 2.37. The van der Waals surface area contributed by atoms with Crippen molar-refractivity contribution in [3.05, 3.63) is 157 Å². The van der Waals surface area contributed by atoms with Crippen molar-refractivity contribution in [2.75, 3.05) is 0 Å². The van der Waals surface area contributed by atoms with Crippen molar-refractivity contribution in [2.45, 2.75) is 19.3 Å². The third-order valence-corrected chi connectivity index (χ3v) is 12.3. The lowest BCUT2D eigenvalue weighted by molar-refractivity contribution is 0.661. The monoisotopic (exact) mass is 654 g/mol. The van der Waals surface area contributed by atoms with Crippen LogP contribution in [0.5, 0.6) is 0 Å². The Kier molecular flexibility index (Phi) is 5.64. The van der Waals surface area contributed by atoms with Gasteiger partial charge in [0.1, 0.15) is 0 Å². The molecule has 0 amide bonds. The van der Waals surface area contributed by atoms with Crippen LogP contribution in [-0.2, 0) is 5.41 Å². The number of aromatic nitrogens is 2. The fourth-order valence-corrected chi connectivity index (χ4v) is 9.90. The molecule has 0 fully saturated rings. The van der Waals surface area contributed by atoms with Gasteiger partial charge in [0.25, 0.3) is 0 Å². The molecule has 3 heterocycles. The second-order valence-corrected chi connectivity index (χ2v) is 15.2. The number of hydrogen-bond acceptors (Lipinski definition) is 3. The van der Waals surface area contributed by atoms with Gasteiger partial charge in [0.2, 0.25) is 0 Å². The zero-order valence-electron chi connectivity index (χ0n) is 27.7. The number of pyridine rings is 2. The van der Waals surface area contributed by atoms with Gasteiger partial charge < -0.3 is 0 Å². The smallest absolute Gasteiger partial charge is 0.0972 e. The lowest BCUT2D eigenvalue weighted by atomic mass is 9.81. The molecule has 0 aliphatic heterocycles. The number of thiophene rings is 1. The maximum absolute atomic E-state index is 5.27. The summed E-state index contributed by atoms with van der Waals surface area (Å²) in [6, 6.07) is 51.3. The normalized spacial score (nSPS) is 13.6. The van der Waals surface area contributed by atoms with E-state index in [0.717, 1.165) is 33.1 Å². The van der Waals surface area contributed by atoms with Crippen molar-refractivity contribution in [3.8, 4) is 33.5 Å². The van der Waals surface area contributed by atoms with E-state index in [1.54, 1.807) is 0 Å². The quantitative estimate of drug-likeness (QED) is 0.173. The van der Waals surface area contributed by atoms with E-state index < -0.39 is 0 Å². The summed E-state index contributed by atoms with van der Waals surface area (Å²) in [4.78, 5) is 10.00. The van der Waals surface area contributed by atoms with Crippen LogP contribution in [0.25, 0.3) is 97.0 Å². The first-order valence-electron chi connectivity index (χ1n) is 17.2. The fraction of sp³-hybridized carbons (Fsp3) is 0.0638. The summed E-state index contributed by atoms with van der Waals surface area (Å²) in [6.45, 7) is 4.78. The summed E-state index contributed by atoms with van der Waals surface area (Å²) < 4.78 is 2.75. The zero-order valence-corrected chi connectivity index (χ0v) is 28.5. The molecule has 7 aromatic carbocycles. The second kappa shape index (κ2) is 10.1. The molecule has 3 aromatic heterocycles. The van der Waals surface area contributed by atoms with Gasteiger partial charge in [-0.15, -0.1) is 11.3 Å². The van der Waals surface area contributed by atoms with Crippen molar-refractivity contribution >= 4 is 74.9 Å². The van der Waals surface area contributed by atoms with E-state index in [4.69, 9.17) is 9.97 Å². The van der Waals surface area contributed by atoms with Gasteiger partial charge in [0.05, 0.1) is 16.7 Å². The molecule has 50 heavy (non-hydrogen) atoms. The predicted octanol–water partition coefficient (Wildman–Crippen LogP) is 13.1. The van der Waals surface area contributed by atoms with E-state index >= 15 is 0 Å². The van der Waals surface area contributed by atoms with E-state index in [0.29, 0.717) is 0 Å². The summed E-state index contributed by atoms with van der Waals surface area (Å²) in [6.07, 6.45) is 1.86. The van der Waals surface area contributed by atoms with E-state index in [1.807, 2.05) is 23.6 Å². The van der Waals surface area contributed by atoms with E-state index in [-0.39, 0.29) is 5.41 Å². The number of rotatable bonds is 2. The van der Waals surface area contributed by atoms with Gasteiger partial charge in [0.15, 0.2) is 0 Å². The van der Waals surface area contributed by atoms with Crippen LogP contribution in [0.4, 0.5) is 0 Å². The molecule has 234 valence electrons. The van der Waals surface area contributed by atoms with Gasteiger partial charge in [-0.25, -0.2) is 4.98 Å². The fourth-order valence-electron chi connectivity index (χ4n) is 8.63. The molecule has 0 bridgehead atoms. The minimum absolute atomic E-state index is 0.116. The molecule has 3 heteroatoms. The van der Waals surface area contributed by atoms with Gasteiger partial charge in [-0.05, 0) is 73.6 Å². The molecule has 11 rings (SSSR count). The van der Waals surface area contributed by atoms with Crippen LogP contribution in [-0.4, -0.2) is 9.97 Å². The highest BCUT2D eigenvalue weighted by molar-refractivity contribution is 7.26. The SMILES string of the molecule is CC1(C)c2cc(-c3ccc(-c4ccc5ccc6cccnc6c5n4)c4ccc5ccccc5c34)ccc2-c2c1ccc1c2sc2ccccc21. The van der Waals surface area contributed by atoms with Crippen LogP contribution >= 0.6 is 11.3 Å². The lowest BCUT2D eigenvalue weighted by Gasteiger charge is -2.22. The topological polar surface area (TPSA) is 25.8 Å². The first-order chi connectivity index (χ1) is 24.5. The molecule has 1 aliphatic carbocycles. The minimum atomic E-state index is -0.116. The van der Waals surface area contributed by atoms with E-state index in [2.05, 4.69) is 147 Å². The maximum Gasteiger partial charge on any atom is 0.0972 e. The number of hydrogen-bond donors (Lipinski definition) is 0. The average molecular weight is 655 g/mol. The molecular formula is C47H30N2S. The van der Waals surface area contributed by atoms with Crippen LogP contribution in [0, 0.1) is 0 Å². The third kappa shape index (κ3) is 3.78.